The summed E-state index contributed by atoms with van der Waals surface area (Å²) >= 11 is 0. The molecule has 4 nitrogen and oxygen atoms in total. The van der Waals surface area contributed by atoms with Crippen LogP contribution in [0.1, 0.15) is 51.9 Å². The number of hydrogen-bond acceptors (Lipinski definition) is 3. The molecule has 0 radical (unpaired) electrons. The maximum atomic E-state index is 12.5. The molecule has 4 atom stereocenters. The van der Waals surface area contributed by atoms with E-state index in [1.165, 1.54) is 4.90 Å². The Balaban J connectivity index is 1.64. The Labute approximate surface area is 120 Å². The Bertz CT molecular complexity index is 385. The van der Waals surface area contributed by atoms with Gasteiger partial charge in [0.1, 0.15) is 0 Å². The Morgan fingerprint density at radius 2 is 1.70 bits per heavy atom. The third-order valence-electron chi connectivity index (χ3n) is 5.60. The number of amides is 2. The molecule has 0 spiro atoms. The number of nitrogens with zero attached hydrogens (tertiary/aromatic N) is 1. The first-order chi connectivity index (χ1) is 9.60. The van der Waals surface area contributed by atoms with E-state index in [0.29, 0.717) is 18.4 Å². The maximum Gasteiger partial charge on any atom is 0.233 e. The summed E-state index contributed by atoms with van der Waals surface area (Å²) in [6.07, 6.45) is 6.26. The molecule has 3 aliphatic rings. The number of aliphatic hydroxyl groups is 1. The van der Waals surface area contributed by atoms with Crippen LogP contribution in [0.5, 0.6) is 0 Å². The third kappa shape index (κ3) is 2.39. The summed E-state index contributed by atoms with van der Waals surface area (Å²) in [6, 6.07) is 0. The van der Waals surface area contributed by atoms with Gasteiger partial charge in [-0.15, -0.1) is 0 Å². The van der Waals surface area contributed by atoms with Crippen molar-refractivity contribution in [3.05, 3.63) is 0 Å². The summed E-state index contributed by atoms with van der Waals surface area (Å²) in [6.45, 7) is 2.68. The highest BCUT2D eigenvalue weighted by Gasteiger charge is 2.52. The SMILES string of the molecule is CCC1CC2C(=O)N(CC3CCCC(O)C3)C(=O)C2C1. The fourth-order valence-corrected chi connectivity index (χ4v) is 4.40. The molecule has 4 unspecified atom stereocenters. The minimum atomic E-state index is -0.245. The van der Waals surface area contributed by atoms with Gasteiger partial charge in [-0.3, -0.25) is 14.5 Å². The van der Waals surface area contributed by atoms with Crippen molar-refractivity contribution in [2.45, 2.75) is 58.0 Å². The van der Waals surface area contributed by atoms with Crippen LogP contribution in [0.15, 0.2) is 0 Å². The van der Waals surface area contributed by atoms with Crippen LogP contribution in [0, 0.1) is 23.7 Å². The van der Waals surface area contributed by atoms with Crippen LogP contribution in [0.3, 0.4) is 0 Å². The maximum absolute atomic E-state index is 12.5. The van der Waals surface area contributed by atoms with Gasteiger partial charge in [0, 0.05) is 6.54 Å². The number of rotatable bonds is 3. The molecular formula is C16H25NO3. The Morgan fingerprint density at radius 3 is 2.25 bits per heavy atom. The molecule has 2 aliphatic carbocycles. The van der Waals surface area contributed by atoms with Crippen LogP contribution in [0.25, 0.3) is 0 Å². The molecule has 3 rings (SSSR count). The highest BCUT2D eigenvalue weighted by Crippen LogP contribution is 2.44. The Hall–Kier alpha value is -0.900. The van der Waals surface area contributed by atoms with E-state index in [4.69, 9.17) is 0 Å². The van der Waals surface area contributed by atoms with Gasteiger partial charge in [0.2, 0.25) is 11.8 Å². The van der Waals surface area contributed by atoms with Crippen molar-refractivity contribution in [3.63, 3.8) is 0 Å². The summed E-state index contributed by atoms with van der Waals surface area (Å²) in [4.78, 5) is 26.4. The normalized spacial score (nSPS) is 41.3. The number of likely N-dealkylation sites (tertiary alicyclic amines) is 1. The lowest BCUT2D eigenvalue weighted by atomic mass is 9.87. The predicted molar refractivity (Wildman–Crippen MR) is 74.7 cm³/mol. The average molecular weight is 279 g/mol. The van der Waals surface area contributed by atoms with E-state index in [1.807, 2.05) is 0 Å². The number of hydrogen-bond donors (Lipinski definition) is 1. The van der Waals surface area contributed by atoms with Gasteiger partial charge in [0.15, 0.2) is 0 Å². The number of carbonyl (C=O) groups is 2. The molecule has 1 aliphatic heterocycles. The molecule has 20 heavy (non-hydrogen) atoms. The summed E-state index contributed by atoms with van der Waals surface area (Å²) in [5, 5.41) is 9.72. The van der Waals surface area contributed by atoms with Gasteiger partial charge in [0.25, 0.3) is 0 Å². The fraction of sp³-hybridized carbons (Fsp3) is 0.875. The average Bonchev–Trinajstić information content (AvgIpc) is 2.95. The van der Waals surface area contributed by atoms with Crippen molar-refractivity contribution < 1.29 is 14.7 Å². The van der Waals surface area contributed by atoms with Gasteiger partial charge in [-0.2, -0.15) is 0 Å². The molecule has 4 heteroatoms. The Morgan fingerprint density at radius 1 is 1.05 bits per heavy atom. The van der Waals surface area contributed by atoms with Gasteiger partial charge in [0.05, 0.1) is 17.9 Å². The topological polar surface area (TPSA) is 57.6 Å². The van der Waals surface area contributed by atoms with Crippen LogP contribution < -0.4 is 0 Å². The molecule has 2 amide bonds. The fourth-order valence-electron chi connectivity index (χ4n) is 4.40. The summed E-state index contributed by atoms with van der Waals surface area (Å²) in [5.74, 6) is 0.901. The molecule has 0 aromatic rings. The second-order valence-electron chi connectivity index (χ2n) is 6.93. The second kappa shape index (κ2) is 5.47. The first kappa shape index (κ1) is 14.1. The molecule has 1 heterocycles. The minimum absolute atomic E-state index is 0.0408. The highest BCUT2D eigenvalue weighted by atomic mass is 16.3. The molecule has 112 valence electrons. The van der Waals surface area contributed by atoms with Gasteiger partial charge in [-0.1, -0.05) is 19.8 Å². The van der Waals surface area contributed by atoms with E-state index in [2.05, 4.69) is 6.92 Å². The van der Waals surface area contributed by atoms with Crippen molar-refractivity contribution in [1.82, 2.24) is 4.90 Å². The van der Waals surface area contributed by atoms with E-state index >= 15 is 0 Å². The van der Waals surface area contributed by atoms with Crippen molar-refractivity contribution in [2.24, 2.45) is 23.7 Å². The van der Waals surface area contributed by atoms with Crippen LogP contribution in [0.4, 0.5) is 0 Å². The third-order valence-corrected chi connectivity index (χ3v) is 5.60. The van der Waals surface area contributed by atoms with E-state index in [0.717, 1.165) is 44.9 Å². The van der Waals surface area contributed by atoms with Crippen molar-refractivity contribution in [3.8, 4) is 0 Å². The number of imide groups is 1. The minimum Gasteiger partial charge on any atom is -0.393 e. The summed E-state index contributed by atoms with van der Waals surface area (Å²) in [7, 11) is 0. The monoisotopic (exact) mass is 279 g/mol. The zero-order valence-electron chi connectivity index (χ0n) is 12.3. The zero-order valence-corrected chi connectivity index (χ0v) is 12.3. The molecule has 2 saturated carbocycles. The van der Waals surface area contributed by atoms with E-state index in [-0.39, 0.29) is 29.8 Å². The first-order valence-electron chi connectivity index (χ1n) is 8.13. The molecular weight excluding hydrogens is 254 g/mol. The smallest absolute Gasteiger partial charge is 0.233 e. The lowest BCUT2D eigenvalue weighted by Gasteiger charge is -2.29. The lowest BCUT2D eigenvalue weighted by molar-refractivity contribution is -0.141. The molecule has 0 bridgehead atoms. The van der Waals surface area contributed by atoms with Crippen molar-refractivity contribution in [2.75, 3.05) is 6.54 Å². The number of aliphatic hydroxyl groups excluding tert-OH is 1. The van der Waals surface area contributed by atoms with E-state index in [1.54, 1.807) is 0 Å². The van der Waals surface area contributed by atoms with Gasteiger partial charge in [-0.25, -0.2) is 0 Å². The molecule has 3 fully saturated rings. The Kier molecular flexibility index (Phi) is 3.85. The van der Waals surface area contributed by atoms with Crippen LogP contribution >= 0.6 is 0 Å². The van der Waals surface area contributed by atoms with Gasteiger partial charge >= 0.3 is 0 Å². The van der Waals surface area contributed by atoms with Crippen molar-refractivity contribution >= 4 is 11.8 Å². The summed E-state index contributed by atoms with van der Waals surface area (Å²) in [5.41, 5.74) is 0. The summed E-state index contributed by atoms with van der Waals surface area (Å²) < 4.78 is 0. The second-order valence-corrected chi connectivity index (χ2v) is 6.93. The van der Waals surface area contributed by atoms with Gasteiger partial charge in [-0.05, 0) is 43.9 Å². The number of fused-ring (bicyclic) bond motifs is 1. The standard InChI is InChI=1S/C16H25NO3/c1-2-10-7-13-14(8-10)16(20)17(15(13)19)9-11-4-3-5-12(18)6-11/h10-14,18H,2-9H2,1H3. The lowest BCUT2D eigenvalue weighted by Crippen LogP contribution is -2.38. The quantitative estimate of drug-likeness (QED) is 0.803. The van der Waals surface area contributed by atoms with E-state index in [9.17, 15) is 14.7 Å². The largest absolute Gasteiger partial charge is 0.393 e. The highest BCUT2D eigenvalue weighted by molar-refractivity contribution is 6.05. The van der Waals surface area contributed by atoms with Crippen LogP contribution in [-0.2, 0) is 9.59 Å². The van der Waals surface area contributed by atoms with Gasteiger partial charge < -0.3 is 5.11 Å². The van der Waals surface area contributed by atoms with E-state index < -0.39 is 0 Å². The zero-order chi connectivity index (χ0) is 14.3. The molecule has 0 aromatic carbocycles. The molecule has 0 aromatic heterocycles. The predicted octanol–water partition coefficient (Wildman–Crippen LogP) is 1.96. The van der Waals surface area contributed by atoms with Crippen LogP contribution in [0.2, 0.25) is 0 Å². The van der Waals surface area contributed by atoms with Crippen molar-refractivity contribution in [1.29, 1.82) is 0 Å². The molecule has 1 saturated heterocycles. The first-order valence-corrected chi connectivity index (χ1v) is 8.13. The van der Waals surface area contributed by atoms with Crippen LogP contribution in [-0.4, -0.2) is 34.5 Å². The number of carbonyl (C=O) groups excluding carboxylic acids is 2. The molecule has 1 N–H and O–H groups in total.